The molecule has 4 aromatic rings. The highest BCUT2D eigenvalue weighted by Gasteiger charge is 2.36. The number of carbonyl (C=O) groups is 3. The number of amides is 4. The van der Waals surface area contributed by atoms with Gasteiger partial charge in [0.15, 0.2) is 0 Å². The molecular weight excluding hydrogens is 530 g/mol. The molecule has 0 bridgehead atoms. The number of pyridine rings is 1. The Bertz CT molecular complexity index is 1660. The zero-order chi connectivity index (χ0) is 27.8. The van der Waals surface area contributed by atoms with Crippen molar-refractivity contribution in [2.45, 2.75) is 38.3 Å². The van der Waals surface area contributed by atoms with Crippen molar-refractivity contribution in [3.05, 3.63) is 72.0 Å². The Morgan fingerprint density at radius 1 is 1.12 bits per heavy atom. The molecule has 40 heavy (non-hydrogen) atoms. The lowest BCUT2D eigenvalue weighted by Crippen LogP contribution is -2.48. The first-order valence-corrected chi connectivity index (χ1v) is 13.6. The number of para-hydroxylation sites is 1. The summed E-state index contributed by atoms with van der Waals surface area (Å²) < 4.78 is 5.74. The fourth-order valence-corrected chi connectivity index (χ4v) is 6.09. The molecular formula is C28H25N7O4S. The molecule has 0 saturated heterocycles. The molecule has 0 unspecified atom stereocenters. The second-order valence-corrected chi connectivity index (χ2v) is 10.4. The molecule has 1 aliphatic heterocycles. The van der Waals surface area contributed by atoms with E-state index in [4.69, 9.17) is 4.74 Å². The summed E-state index contributed by atoms with van der Waals surface area (Å²) in [6.07, 6.45) is 6.73. The van der Waals surface area contributed by atoms with Crippen LogP contribution in [0.25, 0.3) is 10.2 Å². The smallest absolute Gasteiger partial charge is 0.331 e. The largest absolute Gasteiger partial charge is 0.424 e. The maximum atomic E-state index is 13.5. The second-order valence-electron chi connectivity index (χ2n) is 9.45. The van der Waals surface area contributed by atoms with Gasteiger partial charge in [-0.15, -0.1) is 11.3 Å². The summed E-state index contributed by atoms with van der Waals surface area (Å²) in [5.74, 6) is -0.00504. The van der Waals surface area contributed by atoms with Gasteiger partial charge in [0.2, 0.25) is 5.91 Å². The molecule has 1 saturated carbocycles. The molecule has 2 aliphatic rings. The van der Waals surface area contributed by atoms with Crippen molar-refractivity contribution in [3.63, 3.8) is 0 Å². The quantitative estimate of drug-likeness (QED) is 0.278. The number of hydrogen-bond acceptors (Lipinski definition) is 8. The minimum atomic E-state index is -0.451. The highest BCUT2D eigenvalue weighted by molar-refractivity contribution is 7.21. The van der Waals surface area contributed by atoms with E-state index in [2.05, 4.69) is 37.5 Å². The summed E-state index contributed by atoms with van der Waals surface area (Å²) in [7, 11) is 0. The van der Waals surface area contributed by atoms with E-state index >= 15 is 0 Å². The molecule has 4 heterocycles. The van der Waals surface area contributed by atoms with E-state index in [-0.39, 0.29) is 29.9 Å². The van der Waals surface area contributed by atoms with Crippen molar-refractivity contribution in [1.29, 1.82) is 0 Å². The lowest BCUT2D eigenvalue weighted by atomic mass is 10.1. The van der Waals surface area contributed by atoms with Crippen LogP contribution in [0.3, 0.4) is 0 Å². The first-order chi connectivity index (χ1) is 19.4. The van der Waals surface area contributed by atoms with Gasteiger partial charge in [-0.25, -0.2) is 14.8 Å². The first-order valence-electron chi connectivity index (χ1n) is 12.8. The maximum Gasteiger partial charge on any atom is 0.331 e. The Labute approximate surface area is 233 Å². The van der Waals surface area contributed by atoms with Gasteiger partial charge in [-0.3, -0.25) is 14.5 Å². The molecule has 3 aromatic heterocycles. The fourth-order valence-electron chi connectivity index (χ4n) is 5.07. The van der Waals surface area contributed by atoms with Gasteiger partial charge < -0.3 is 20.7 Å². The molecule has 2 atom stereocenters. The number of carbonyl (C=O) groups excluding carboxylic acids is 3. The lowest BCUT2D eigenvalue weighted by molar-refractivity contribution is -0.117. The number of nitrogens with one attached hydrogen (secondary N) is 3. The summed E-state index contributed by atoms with van der Waals surface area (Å²) in [6.45, 7) is 5.27. The number of thiophene rings is 1. The van der Waals surface area contributed by atoms with Crippen LogP contribution in [0, 0.1) is 6.92 Å². The van der Waals surface area contributed by atoms with Gasteiger partial charge >= 0.3 is 12.0 Å². The van der Waals surface area contributed by atoms with Crippen molar-refractivity contribution in [2.24, 2.45) is 0 Å². The van der Waals surface area contributed by atoms with E-state index in [1.165, 1.54) is 28.5 Å². The number of nitrogens with zero attached hydrogens (tertiary/aromatic N) is 4. The molecule has 11 nitrogen and oxygen atoms in total. The van der Waals surface area contributed by atoms with Crippen LogP contribution in [0.1, 0.15) is 34.6 Å². The van der Waals surface area contributed by atoms with E-state index in [1.807, 2.05) is 18.2 Å². The van der Waals surface area contributed by atoms with Crippen LogP contribution >= 0.6 is 11.3 Å². The van der Waals surface area contributed by atoms with Crippen molar-refractivity contribution in [2.75, 3.05) is 10.2 Å². The Balaban J connectivity index is 1.30. The van der Waals surface area contributed by atoms with Gasteiger partial charge in [-0.1, -0.05) is 24.8 Å². The summed E-state index contributed by atoms with van der Waals surface area (Å²) in [5, 5.41) is 9.47. The van der Waals surface area contributed by atoms with Gasteiger partial charge in [0.25, 0.3) is 5.91 Å². The predicted molar refractivity (Wildman–Crippen MR) is 151 cm³/mol. The van der Waals surface area contributed by atoms with Gasteiger partial charge in [-0.2, -0.15) is 4.98 Å². The number of ether oxygens (including phenoxy) is 1. The number of anilines is 3. The minimum absolute atomic E-state index is 0.161. The average molecular weight is 556 g/mol. The number of benzene rings is 1. The Morgan fingerprint density at radius 3 is 2.65 bits per heavy atom. The highest BCUT2D eigenvalue weighted by atomic mass is 32.1. The third-order valence-corrected chi connectivity index (χ3v) is 8.02. The molecule has 12 heteroatoms. The molecule has 0 spiro atoms. The zero-order valence-electron chi connectivity index (χ0n) is 21.5. The SMILES string of the molecule is C=CC(=O)N[C@@H]1CCC[C@H]1NC(=O)c1sc2nccc3c2c1NC(=O)N3c1cnc(Oc2ccccc2)nc1C. The Morgan fingerprint density at radius 2 is 1.90 bits per heavy atom. The fraction of sp³-hybridized carbons (Fsp3) is 0.214. The summed E-state index contributed by atoms with van der Waals surface area (Å²) in [5.41, 5.74) is 1.99. The monoisotopic (exact) mass is 555 g/mol. The topological polar surface area (TPSA) is 138 Å². The lowest BCUT2D eigenvalue weighted by Gasteiger charge is -2.29. The Kier molecular flexibility index (Phi) is 6.60. The minimum Gasteiger partial charge on any atom is -0.424 e. The predicted octanol–water partition coefficient (Wildman–Crippen LogP) is 4.82. The second kappa shape index (κ2) is 10.4. The zero-order valence-corrected chi connectivity index (χ0v) is 22.3. The van der Waals surface area contributed by atoms with Crippen molar-refractivity contribution in [3.8, 4) is 11.8 Å². The van der Waals surface area contributed by atoms with Gasteiger partial charge in [0, 0.05) is 18.3 Å². The molecule has 4 amide bonds. The van der Waals surface area contributed by atoms with E-state index in [1.54, 1.807) is 31.3 Å². The normalized spacial score (nSPS) is 17.8. The third-order valence-electron chi connectivity index (χ3n) is 6.92. The van der Waals surface area contributed by atoms with Crippen LogP contribution in [0.15, 0.2) is 61.4 Å². The molecule has 6 rings (SSSR count). The van der Waals surface area contributed by atoms with Crippen LogP contribution < -0.4 is 25.6 Å². The van der Waals surface area contributed by atoms with E-state index in [0.717, 1.165) is 19.3 Å². The van der Waals surface area contributed by atoms with Gasteiger partial charge in [0.05, 0.1) is 34.3 Å². The number of aromatic nitrogens is 3. The highest BCUT2D eigenvalue weighted by Crippen LogP contribution is 2.46. The van der Waals surface area contributed by atoms with Crippen LogP contribution in [-0.2, 0) is 4.79 Å². The standard InChI is InChI=1S/C28H25N7O4S/c1-3-21(36)32-17-10-7-11-18(17)33-25(37)24-23-22-19(12-13-29-26(22)40-24)35(28(38)34-23)20-14-30-27(31-15(20)2)39-16-8-5-4-6-9-16/h3-6,8-9,12-14,17-18H,1,7,10-11H2,2H3,(H,32,36)(H,33,37)(H,34,38)/t17-,18-/m1/s1. The van der Waals surface area contributed by atoms with E-state index < -0.39 is 6.03 Å². The van der Waals surface area contributed by atoms with Crippen molar-refractivity contribution in [1.82, 2.24) is 25.6 Å². The molecule has 1 fully saturated rings. The Hall–Kier alpha value is -4.84. The van der Waals surface area contributed by atoms with Crippen LogP contribution in [0.2, 0.25) is 0 Å². The van der Waals surface area contributed by atoms with E-state index in [9.17, 15) is 14.4 Å². The van der Waals surface area contributed by atoms with Crippen LogP contribution in [-0.4, -0.2) is 44.9 Å². The van der Waals surface area contributed by atoms with E-state index in [0.29, 0.717) is 43.6 Å². The molecule has 1 aromatic carbocycles. The van der Waals surface area contributed by atoms with Gasteiger partial charge in [-0.05, 0) is 50.5 Å². The molecule has 3 N–H and O–H groups in total. The average Bonchev–Trinajstić information content (AvgIpc) is 3.55. The van der Waals surface area contributed by atoms with Gasteiger partial charge in [0.1, 0.15) is 15.5 Å². The third kappa shape index (κ3) is 4.62. The summed E-state index contributed by atoms with van der Waals surface area (Å²) >= 11 is 1.20. The number of hydrogen-bond donors (Lipinski definition) is 3. The van der Waals surface area contributed by atoms with Crippen LogP contribution in [0.4, 0.5) is 21.9 Å². The number of rotatable bonds is 7. The molecule has 1 aliphatic carbocycles. The first kappa shape index (κ1) is 25.4. The maximum absolute atomic E-state index is 13.5. The van der Waals surface area contributed by atoms with Crippen molar-refractivity contribution < 1.29 is 19.1 Å². The molecule has 202 valence electrons. The number of aryl methyl sites for hydroxylation is 1. The van der Waals surface area contributed by atoms with Crippen molar-refractivity contribution >= 4 is 56.5 Å². The van der Waals surface area contributed by atoms with Crippen LogP contribution in [0.5, 0.6) is 11.8 Å². The summed E-state index contributed by atoms with van der Waals surface area (Å²) in [4.78, 5) is 54.4. The number of urea groups is 1. The summed E-state index contributed by atoms with van der Waals surface area (Å²) in [6, 6.07) is 10.2. The molecule has 0 radical (unpaired) electrons.